The fraction of sp³-hybridized carbons (Fsp3) is 0.909. The van der Waals surface area contributed by atoms with Crippen LogP contribution in [-0.4, -0.2) is 50.3 Å². The summed E-state index contributed by atoms with van der Waals surface area (Å²) in [6.07, 6.45) is 1.06. The molecular formula is C11H21NO3. The summed E-state index contributed by atoms with van der Waals surface area (Å²) in [6.45, 7) is 9.09. The Bertz CT molecular complexity index is 181. The van der Waals surface area contributed by atoms with Crippen molar-refractivity contribution in [3.8, 4) is 0 Å². The Kier molecular flexibility index (Phi) is 5.65. The van der Waals surface area contributed by atoms with Gasteiger partial charge in [-0.05, 0) is 19.3 Å². The van der Waals surface area contributed by atoms with Crippen LogP contribution >= 0.6 is 0 Å². The van der Waals surface area contributed by atoms with Gasteiger partial charge < -0.3 is 9.47 Å². The summed E-state index contributed by atoms with van der Waals surface area (Å²) >= 11 is 0. The van der Waals surface area contributed by atoms with Crippen molar-refractivity contribution in [1.29, 1.82) is 0 Å². The normalized spacial score (nSPS) is 22.0. The van der Waals surface area contributed by atoms with Gasteiger partial charge in [0.1, 0.15) is 0 Å². The number of hydrogen-bond acceptors (Lipinski definition) is 4. The first kappa shape index (κ1) is 12.5. The Balaban J connectivity index is 2.20. The maximum absolute atomic E-state index is 10.0. The van der Waals surface area contributed by atoms with Crippen LogP contribution in [0.5, 0.6) is 0 Å². The average molecular weight is 215 g/mol. The molecule has 0 N–H and O–H groups in total. The lowest BCUT2D eigenvalue weighted by Crippen LogP contribution is -2.42. The molecule has 15 heavy (non-hydrogen) atoms. The summed E-state index contributed by atoms with van der Waals surface area (Å²) in [5, 5.41) is 0. The molecular weight excluding hydrogens is 194 g/mol. The third-order valence-corrected chi connectivity index (χ3v) is 2.86. The molecule has 0 aromatic carbocycles. The predicted octanol–water partition coefficient (Wildman–Crippen LogP) is 0.906. The van der Waals surface area contributed by atoms with Gasteiger partial charge in [-0.15, -0.1) is 0 Å². The molecule has 0 aromatic rings. The summed E-state index contributed by atoms with van der Waals surface area (Å²) in [7, 11) is 0. The first-order valence-corrected chi connectivity index (χ1v) is 5.61. The van der Waals surface area contributed by atoms with E-state index in [1.165, 1.54) is 0 Å². The largest absolute Gasteiger partial charge is 0.468 e. The van der Waals surface area contributed by atoms with Crippen LogP contribution in [0.15, 0.2) is 0 Å². The van der Waals surface area contributed by atoms with Crippen LogP contribution in [0.2, 0.25) is 0 Å². The summed E-state index contributed by atoms with van der Waals surface area (Å²) in [4.78, 5) is 12.5. The van der Waals surface area contributed by atoms with E-state index in [1.807, 2.05) is 0 Å². The first-order chi connectivity index (χ1) is 7.24. The minimum absolute atomic E-state index is 0.424. The van der Waals surface area contributed by atoms with Gasteiger partial charge >= 0.3 is 0 Å². The number of rotatable bonds is 6. The lowest BCUT2D eigenvalue weighted by molar-refractivity contribution is -0.130. The molecule has 1 aliphatic heterocycles. The summed E-state index contributed by atoms with van der Waals surface area (Å²) in [6, 6.07) is 0.541. The zero-order valence-corrected chi connectivity index (χ0v) is 9.65. The molecule has 1 aliphatic rings. The molecule has 88 valence electrons. The van der Waals surface area contributed by atoms with Gasteiger partial charge in [0, 0.05) is 19.1 Å². The second-order valence-electron chi connectivity index (χ2n) is 4.27. The Labute approximate surface area is 91.5 Å². The molecule has 0 saturated carbocycles. The quantitative estimate of drug-likeness (QED) is 0.617. The summed E-state index contributed by atoms with van der Waals surface area (Å²) in [5.74, 6) is 0.424. The molecule has 0 aromatic heterocycles. The third-order valence-electron chi connectivity index (χ3n) is 2.86. The molecule has 2 atom stereocenters. The van der Waals surface area contributed by atoms with Crippen molar-refractivity contribution in [1.82, 2.24) is 4.90 Å². The molecule has 1 saturated heterocycles. The van der Waals surface area contributed by atoms with Crippen molar-refractivity contribution in [2.24, 2.45) is 5.92 Å². The van der Waals surface area contributed by atoms with E-state index in [9.17, 15) is 4.79 Å². The molecule has 2 unspecified atom stereocenters. The maximum Gasteiger partial charge on any atom is 0.293 e. The zero-order valence-electron chi connectivity index (χ0n) is 9.65. The second kappa shape index (κ2) is 6.80. The van der Waals surface area contributed by atoms with Crippen LogP contribution < -0.4 is 0 Å². The van der Waals surface area contributed by atoms with Crippen molar-refractivity contribution in [2.75, 3.05) is 32.9 Å². The lowest BCUT2D eigenvalue weighted by Gasteiger charge is -2.33. The lowest BCUT2D eigenvalue weighted by atomic mass is 10.0. The van der Waals surface area contributed by atoms with Crippen molar-refractivity contribution in [3.05, 3.63) is 0 Å². The van der Waals surface area contributed by atoms with Gasteiger partial charge in [0.25, 0.3) is 6.47 Å². The van der Waals surface area contributed by atoms with E-state index in [1.54, 1.807) is 0 Å². The van der Waals surface area contributed by atoms with Crippen molar-refractivity contribution in [2.45, 2.75) is 26.3 Å². The van der Waals surface area contributed by atoms with E-state index in [4.69, 9.17) is 9.47 Å². The summed E-state index contributed by atoms with van der Waals surface area (Å²) in [5.41, 5.74) is 0. The minimum atomic E-state index is 0.424. The Morgan fingerprint density at radius 2 is 2.07 bits per heavy atom. The van der Waals surface area contributed by atoms with Gasteiger partial charge in [0.15, 0.2) is 0 Å². The molecule has 4 heteroatoms. The maximum atomic E-state index is 10.0. The highest BCUT2D eigenvalue weighted by molar-refractivity contribution is 5.36. The van der Waals surface area contributed by atoms with Gasteiger partial charge in [0.05, 0.1) is 19.8 Å². The smallest absolute Gasteiger partial charge is 0.293 e. The zero-order chi connectivity index (χ0) is 11.1. The molecule has 0 spiro atoms. The molecule has 1 rings (SSSR count). The number of morpholine rings is 1. The van der Waals surface area contributed by atoms with Crippen LogP contribution in [0.4, 0.5) is 0 Å². The molecule has 0 bridgehead atoms. The fourth-order valence-electron chi connectivity index (χ4n) is 2.02. The standard InChI is InChI=1S/C11H21NO3/c1-10(8-15-9-13)7-11(2)12-3-5-14-6-4-12/h9-11H,3-8H2,1-2H3. The Morgan fingerprint density at radius 1 is 1.40 bits per heavy atom. The second-order valence-corrected chi connectivity index (χ2v) is 4.27. The Morgan fingerprint density at radius 3 is 2.67 bits per heavy atom. The van der Waals surface area contributed by atoms with Crippen LogP contribution in [0, 0.1) is 5.92 Å². The summed E-state index contributed by atoms with van der Waals surface area (Å²) < 4.78 is 10.1. The molecule has 1 fully saturated rings. The Hall–Kier alpha value is -0.610. The highest BCUT2D eigenvalue weighted by atomic mass is 16.5. The minimum Gasteiger partial charge on any atom is -0.468 e. The highest BCUT2D eigenvalue weighted by Crippen LogP contribution is 2.13. The van der Waals surface area contributed by atoms with Crippen molar-refractivity contribution >= 4 is 6.47 Å². The van der Waals surface area contributed by atoms with Gasteiger partial charge in [-0.1, -0.05) is 6.92 Å². The molecule has 0 aliphatic carbocycles. The van der Waals surface area contributed by atoms with E-state index in [0.29, 0.717) is 25.0 Å². The van der Waals surface area contributed by atoms with E-state index >= 15 is 0 Å². The van der Waals surface area contributed by atoms with Crippen LogP contribution in [0.3, 0.4) is 0 Å². The van der Waals surface area contributed by atoms with Gasteiger partial charge in [-0.2, -0.15) is 0 Å². The van der Waals surface area contributed by atoms with E-state index in [0.717, 1.165) is 32.7 Å². The van der Waals surface area contributed by atoms with Gasteiger partial charge in [-0.25, -0.2) is 0 Å². The fourth-order valence-corrected chi connectivity index (χ4v) is 2.02. The van der Waals surface area contributed by atoms with Gasteiger partial charge in [0.2, 0.25) is 0 Å². The van der Waals surface area contributed by atoms with Crippen LogP contribution in [-0.2, 0) is 14.3 Å². The SMILES string of the molecule is CC(COC=O)CC(C)N1CCOCC1. The number of carbonyl (C=O) groups is 1. The monoisotopic (exact) mass is 215 g/mol. The molecule has 4 nitrogen and oxygen atoms in total. The number of nitrogens with zero attached hydrogens (tertiary/aromatic N) is 1. The number of ether oxygens (including phenoxy) is 2. The predicted molar refractivity (Wildman–Crippen MR) is 57.7 cm³/mol. The molecule has 0 radical (unpaired) electrons. The van der Waals surface area contributed by atoms with Crippen molar-refractivity contribution in [3.63, 3.8) is 0 Å². The van der Waals surface area contributed by atoms with Crippen molar-refractivity contribution < 1.29 is 14.3 Å². The highest BCUT2D eigenvalue weighted by Gasteiger charge is 2.18. The molecule has 1 heterocycles. The van der Waals surface area contributed by atoms with Crippen LogP contribution in [0.1, 0.15) is 20.3 Å². The topological polar surface area (TPSA) is 38.8 Å². The third kappa shape index (κ3) is 4.62. The number of carbonyl (C=O) groups excluding carboxylic acids is 1. The van der Waals surface area contributed by atoms with E-state index in [2.05, 4.69) is 18.7 Å². The van der Waals surface area contributed by atoms with E-state index < -0.39 is 0 Å². The average Bonchev–Trinajstić information content (AvgIpc) is 2.27. The van der Waals surface area contributed by atoms with Gasteiger partial charge in [-0.3, -0.25) is 9.69 Å². The first-order valence-electron chi connectivity index (χ1n) is 5.61. The number of hydrogen-bond donors (Lipinski definition) is 0. The van der Waals surface area contributed by atoms with Crippen LogP contribution in [0.25, 0.3) is 0 Å². The van der Waals surface area contributed by atoms with E-state index in [-0.39, 0.29) is 0 Å². The molecule has 0 amide bonds.